The van der Waals surface area contributed by atoms with Crippen molar-refractivity contribution in [3.05, 3.63) is 83.4 Å². The Morgan fingerprint density at radius 2 is 1.50 bits per heavy atom. The van der Waals surface area contributed by atoms with Gasteiger partial charge in [-0.15, -0.1) is 0 Å². The maximum atomic E-state index is 3.63. The van der Waals surface area contributed by atoms with Crippen molar-refractivity contribution in [3.63, 3.8) is 0 Å². The standard InChI is InChI=1S/C20H17NS/c1-14-7-2-3-8-15(14)13-16-9-6-12-19-20(16)21-17-10-4-5-11-18(17)22-19/h2-12,21H,13H2,1H3. The maximum absolute atomic E-state index is 3.63. The number of rotatable bonds is 2. The van der Waals surface area contributed by atoms with Crippen LogP contribution in [0, 0.1) is 6.92 Å². The third kappa shape index (κ3) is 2.40. The SMILES string of the molecule is Cc1ccccc1Cc1cccc2c1Nc1ccccc1S2. The molecule has 0 spiro atoms. The van der Waals surface area contributed by atoms with Crippen molar-refractivity contribution in [1.29, 1.82) is 0 Å². The van der Waals surface area contributed by atoms with E-state index < -0.39 is 0 Å². The normalized spacial score (nSPS) is 12.2. The van der Waals surface area contributed by atoms with Crippen LogP contribution in [-0.2, 0) is 6.42 Å². The molecule has 1 N–H and O–H groups in total. The van der Waals surface area contributed by atoms with Gasteiger partial charge in [-0.05, 0) is 48.2 Å². The lowest BCUT2D eigenvalue weighted by Crippen LogP contribution is -2.04. The van der Waals surface area contributed by atoms with Crippen molar-refractivity contribution in [2.45, 2.75) is 23.1 Å². The summed E-state index contributed by atoms with van der Waals surface area (Å²) in [6.45, 7) is 2.18. The summed E-state index contributed by atoms with van der Waals surface area (Å²) in [5.41, 5.74) is 6.56. The number of hydrogen-bond donors (Lipinski definition) is 1. The second-order valence-corrected chi connectivity index (χ2v) is 6.70. The lowest BCUT2D eigenvalue weighted by molar-refractivity contribution is 1.13. The topological polar surface area (TPSA) is 12.0 Å². The van der Waals surface area contributed by atoms with Crippen molar-refractivity contribution < 1.29 is 0 Å². The van der Waals surface area contributed by atoms with Crippen LogP contribution < -0.4 is 5.32 Å². The summed E-state index contributed by atoms with van der Waals surface area (Å²) in [6, 6.07) is 23.7. The highest BCUT2D eigenvalue weighted by Crippen LogP contribution is 2.45. The summed E-state index contributed by atoms with van der Waals surface area (Å²) < 4.78 is 0. The van der Waals surface area contributed by atoms with Crippen molar-refractivity contribution in [2.75, 3.05) is 5.32 Å². The Hall–Kier alpha value is -2.19. The number of nitrogens with one attached hydrogen (secondary N) is 1. The molecule has 3 aromatic rings. The molecule has 0 radical (unpaired) electrons. The molecule has 0 saturated heterocycles. The molecule has 1 aliphatic rings. The van der Waals surface area contributed by atoms with E-state index in [1.54, 1.807) is 0 Å². The fourth-order valence-electron chi connectivity index (χ4n) is 2.88. The molecule has 3 aromatic carbocycles. The second-order valence-electron chi connectivity index (χ2n) is 5.62. The minimum Gasteiger partial charge on any atom is -0.353 e. The number of aryl methyl sites for hydroxylation is 1. The molecule has 108 valence electrons. The zero-order chi connectivity index (χ0) is 14.9. The van der Waals surface area contributed by atoms with Crippen molar-refractivity contribution in [2.24, 2.45) is 0 Å². The summed E-state index contributed by atoms with van der Waals surface area (Å²) in [4.78, 5) is 2.60. The van der Waals surface area contributed by atoms with Crippen molar-refractivity contribution in [1.82, 2.24) is 0 Å². The van der Waals surface area contributed by atoms with E-state index in [1.165, 1.54) is 37.9 Å². The Kier molecular flexibility index (Phi) is 3.39. The van der Waals surface area contributed by atoms with Gasteiger partial charge in [0, 0.05) is 9.79 Å². The average Bonchev–Trinajstić information content (AvgIpc) is 2.55. The van der Waals surface area contributed by atoms with E-state index in [0.717, 1.165) is 6.42 Å². The zero-order valence-corrected chi connectivity index (χ0v) is 13.3. The molecule has 4 rings (SSSR count). The molecule has 0 unspecified atom stereocenters. The highest BCUT2D eigenvalue weighted by Gasteiger charge is 2.18. The predicted octanol–water partition coefficient (Wildman–Crippen LogP) is 5.79. The molecule has 0 aromatic heterocycles. The zero-order valence-electron chi connectivity index (χ0n) is 12.5. The molecule has 0 saturated carbocycles. The van der Waals surface area contributed by atoms with Crippen LogP contribution in [0.1, 0.15) is 16.7 Å². The van der Waals surface area contributed by atoms with Crippen LogP contribution in [0.4, 0.5) is 11.4 Å². The van der Waals surface area contributed by atoms with Crippen LogP contribution in [0.2, 0.25) is 0 Å². The average molecular weight is 303 g/mol. The molecular weight excluding hydrogens is 286 g/mol. The van der Waals surface area contributed by atoms with Gasteiger partial charge in [0.05, 0.1) is 11.4 Å². The van der Waals surface area contributed by atoms with E-state index in [0.29, 0.717) is 0 Å². The van der Waals surface area contributed by atoms with Gasteiger partial charge in [-0.3, -0.25) is 0 Å². The first kappa shape index (κ1) is 13.5. The molecule has 0 fully saturated rings. The third-order valence-electron chi connectivity index (χ3n) is 4.12. The minimum atomic E-state index is 0.964. The van der Waals surface area contributed by atoms with Gasteiger partial charge < -0.3 is 5.32 Å². The Morgan fingerprint density at radius 1 is 0.773 bits per heavy atom. The highest BCUT2D eigenvalue weighted by atomic mass is 32.2. The van der Waals surface area contributed by atoms with Crippen LogP contribution in [0.25, 0.3) is 0 Å². The largest absolute Gasteiger partial charge is 0.353 e. The van der Waals surface area contributed by atoms with Gasteiger partial charge in [0.15, 0.2) is 0 Å². The quantitative estimate of drug-likeness (QED) is 0.502. The minimum absolute atomic E-state index is 0.964. The Balaban J connectivity index is 1.74. The van der Waals surface area contributed by atoms with E-state index >= 15 is 0 Å². The molecule has 22 heavy (non-hydrogen) atoms. The number of fused-ring (bicyclic) bond motifs is 2. The summed E-state index contributed by atoms with van der Waals surface area (Å²) in [5.74, 6) is 0. The maximum Gasteiger partial charge on any atom is 0.0562 e. The molecule has 0 aliphatic carbocycles. The fourth-order valence-corrected chi connectivity index (χ4v) is 3.92. The van der Waals surface area contributed by atoms with Gasteiger partial charge >= 0.3 is 0 Å². The van der Waals surface area contributed by atoms with Crippen LogP contribution in [0.3, 0.4) is 0 Å². The second kappa shape index (κ2) is 5.54. The summed E-state index contributed by atoms with van der Waals surface area (Å²) >= 11 is 1.85. The predicted molar refractivity (Wildman–Crippen MR) is 94.3 cm³/mol. The van der Waals surface area contributed by atoms with Gasteiger partial charge in [0.2, 0.25) is 0 Å². The molecular formula is C20H17NS. The summed E-state index contributed by atoms with van der Waals surface area (Å²) in [5, 5.41) is 3.63. The van der Waals surface area contributed by atoms with E-state index in [1.807, 2.05) is 11.8 Å². The molecule has 1 aliphatic heterocycles. The van der Waals surface area contributed by atoms with Crippen LogP contribution in [0.5, 0.6) is 0 Å². The third-order valence-corrected chi connectivity index (χ3v) is 5.26. The van der Waals surface area contributed by atoms with Gasteiger partial charge in [-0.25, -0.2) is 0 Å². The summed E-state index contributed by atoms with van der Waals surface area (Å²) in [7, 11) is 0. The molecule has 1 heterocycles. The number of hydrogen-bond acceptors (Lipinski definition) is 2. The molecule has 1 nitrogen and oxygen atoms in total. The van der Waals surface area contributed by atoms with Crippen molar-refractivity contribution in [3.8, 4) is 0 Å². The highest BCUT2D eigenvalue weighted by molar-refractivity contribution is 7.99. The fraction of sp³-hybridized carbons (Fsp3) is 0.100. The van der Waals surface area contributed by atoms with Crippen LogP contribution in [-0.4, -0.2) is 0 Å². The van der Waals surface area contributed by atoms with E-state index in [9.17, 15) is 0 Å². The smallest absolute Gasteiger partial charge is 0.0562 e. The van der Waals surface area contributed by atoms with Gasteiger partial charge in [-0.2, -0.15) is 0 Å². The Bertz CT molecular complexity index is 839. The summed E-state index contributed by atoms with van der Waals surface area (Å²) in [6.07, 6.45) is 0.964. The first-order valence-corrected chi connectivity index (χ1v) is 8.33. The molecule has 2 heteroatoms. The Morgan fingerprint density at radius 3 is 2.41 bits per heavy atom. The van der Waals surface area contributed by atoms with Gasteiger partial charge in [-0.1, -0.05) is 60.3 Å². The van der Waals surface area contributed by atoms with Crippen molar-refractivity contribution >= 4 is 23.1 Å². The van der Waals surface area contributed by atoms with E-state index in [4.69, 9.17) is 0 Å². The lowest BCUT2D eigenvalue weighted by Gasteiger charge is -2.23. The first-order valence-electron chi connectivity index (χ1n) is 7.51. The number of para-hydroxylation sites is 2. The Labute approximate surface area is 135 Å². The number of anilines is 2. The molecule has 0 bridgehead atoms. The first-order chi connectivity index (χ1) is 10.8. The molecule has 0 atom stereocenters. The van der Waals surface area contributed by atoms with Gasteiger partial charge in [0.25, 0.3) is 0 Å². The van der Waals surface area contributed by atoms with E-state index in [-0.39, 0.29) is 0 Å². The lowest BCUT2D eigenvalue weighted by atomic mass is 9.99. The van der Waals surface area contributed by atoms with Crippen LogP contribution in [0.15, 0.2) is 76.5 Å². The van der Waals surface area contributed by atoms with Gasteiger partial charge in [0.1, 0.15) is 0 Å². The molecule has 0 amide bonds. The number of benzene rings is 3. The van der Waals surface area contributed by atoms with E-state index in [2.05, 4.69) is 79.0 Å². The van der Waals surface area contributed by atoms with Crippen LogP contribution >= 0.6 is 11.8 Å². The monoisotopic (exact) mass is 303 g/mol.